The summed E-state index contributed by atoms with van der Waals surface area (Å²) < 4.78 is 11.9. The second-order valence-electron chi connectivity index (χ2n) is 7.89. The molecule has 37 heavy (non-hydrogen) atoms. The van der Waals surface area contributed by atoms with Crippen LogP contribution in [0.5, 0.6) is 11.5 Å². The topological polar surface area (TPSA) is 112 Å². The van der Waals surface area contributed by atoms with Gasteiger partial charge in [-0.05, 0) is 42.3 Å². The van der Waals surface area contributed by atoms with E-state index in [-0.39, 0.29) is 38.1 Å². The minimum Gasteiger partial charge on any atom is -0.493 e. The Morgan fingerprint density at radius 3 is 2.43 bits per heavy atom. The van der Waals surface area contributed by atoms with Gasteiger partial charge in [-0.25, -0.2) is 4.68 Å². The molecule has 0 amide bonds. The van der Waals surface area contributed by atoms with Crippen molar-refractivity contribution in [1.82, 2.24) is 9.78 Å². The Morgan fingerprint density at radius 1 is 1.03 bits per heavy atom. The lowest BCUT2D eigenvalue weighted by molar-refractivity contribution is -0.384. The lowest BCUT2D eigenvalue weighted by Crippen LogP contribution is -2.17. The molecule has 0 aliphatic carbocycles. The quantitative estimate of drug-likeness (QED) is 0.165. The molecule has 4 aromatic rings. The first-order valence-electron chi connectivity index (χ1n) is 11.1. The molecule has 0 spiro atoms. The number of methoxy groups -OCH3 is 2. The lowest BCUT2D eigenvalue weighted by Gasteiger charge is -2.08. The fourth-order valence-electron chi connectivity index (χ4n) is 3.79. The standard InChI is InChI=1S/C26H22Cl2N4O5/c1-36-23-9-8-16(12-24(23)37-2)10-11-29-15-19-25(18-13-22(32(34)35)21(28)14-20(18)27)30-31(26(19)33)17-6-4-3-5-7-17/h3-9,12-15,30H,10-11H2,1-2H3. The van der Waals surface area contributed by atoms with Crippen molar-refractivity contribution in [2.45, 2.75) is 6.42 Å². The number of ether oxygens (including phenoxy) is 2. The molecule has 190 valence electrons. The molecule has 0 bridgehead atoms. The van der Waals surface area contributed by atoms with Crippen molar-refractivity contribution >= 4 is 35.1 Å². The van der Waals surface area contributed by atoms with Crippen molar-refractivity contribution < 1.29 is 14.4 Å². The molecule has 0 saturated carbocycles. The molecule has 0 atom stereocenters. The van der Waals surface area contributed by atoms with E-state index >= 15 is 0 Å². The molecule has 3 aromatic carbocycles. The van der Waals surface area contributed by atoms with E-state index in [2.05, 4.69) is 10.1 Å². The number of aromatic amines is 1. The molecular weight excluding hydrogens is 519 g/mol. The molecule has 0 fully saturated rings. The molecule has 11 heteroatoms. The van der Waals surface area contributed by atoms with Crippen molar-refractivity contribution in [3.8, 4) is 28.4 Å². The van der Waals surface area contributed by atoms with Gasteiger partial charge in [-0.1, -0.05) is 47.5 Å². The van der Waals surface area contributed by atoms with Gasteiger partial charge in [0, 0.05) is 24.4 Å². The van der Waals surface area contributed by atoms with Crippen molar-refractivity contribution in [3.63, 3.8) is 0 Å². The van der Waals surface area contributed by atoms with Crippen LogP contribution in [0.3, 0.4) is 0 Å². The van der Waals surface area contributed by atoms with Crippen molar-refractivity contribution in [2.24, 2.45) is 4.99 Å². The molecule has 0 radical (unpaired) electrons. The van der Waals surface area contributed by atoms with Gasteiger partial charge in [0.2, 0.25) is 0 Å². The van der Waals surface area contributed by atoms with Gasteiger partial charge in [0.25, 0.3) is 11.2 Å². The number of nitrogens with one attached hydrogen (secondary N) is 1. The average molecular weight is 541 g/mol. The summed E-state index contributed by atoms with van der Waals surface area (Å²) in [7, 11) is 3.14. The second-order valence-corrected chi connectivity index (χ2v) is 8.71. The molecule has 0 saturated heterocycles. The number of hydrogen-bond donors (Lipinski definition) is 1. The van der Waals surface area contributed by atoms with Crippen LogP contribution in [-0.4, -0.2) is 41.7 Å². The zero-order chi connectivity index (χ0) is 26.5. The van der Waals surface area contributed by atoms with E-state index < -0.39 is 4.92 Å². The Hall–Kier alpha value is -4.08. The van der Waals surface area contributed by atoms with Crippen LogP contribution in [0.1, 0.15) is 11.1 Å². The maximum absolute atomic E-state index is 13.4. The van der Waals surface area contributed by atoms with Gasteiger partial charge >= 0.3 is 0 Å². The number of benzene rings is 3. The van der Waals surface area contributed by atoms with Gasteiger partial charge in [0.05, 0.1) is 41.1 Å². The first-order chi connectivity index (χ1) is 17.8. The largest absolute Gasteiger partial charge is 0.493 e. The highest BCUT2D eigenvalue weighted by molar-refractivity contribution is 6.37. The Labute approximate surface area is 222 Å². The van der Waals surface area contributed by atoms with E-state index in [0.29, 0.717) is 30.2 Å². The molecule has 1 aromatic heterocycles. The van der Waals surface area contributed by atoms with Gasteiger partial charge in [0.15, 0.2) is 11.5 Å². The van der Waals surface area contributed by atoms with Crippen LogP contribution >= 0.6 is 23.2 Å². The first kappa shape index (κ1) is 26.0. The Kier molecular flexibility index (Phi) is 7.95. The maximum Gasteiger partial charge on any atom is 0.288 e. The summed E-state index contributed by atoms with van der Waals surface area (Å²) in [5.74, 6) is 1.24. The fraction of sp³-hybridized carbons (Fsp3) is 0.154. The van der Waals surface area contributed by atoms with Gasteiger partial charge < -0.3 is 9.47 Å². The van der Waals surface area contributed by atoms with Crippen LogP contribution in [0, 0.1) is 10.1 Å². The number of nitro benzene ring substituents is 1. The van der Waals surface area contributed by atoms with E-state index in [1.54, 1.807) is 38.5 Å². The number of aliphatic imine (C=N–C) groups is 1. The average Bonchev–Trinajstić information content (AvgIpc) is 3.22. The summed E-state index contributed by atoms with van der Waals surface area (Å²) >= 11 is 12.4. The summed E-state index contributed by atoms with van der Waals surface area (Å²) in [6, 6.07) is 17.0. The number of aromatic nitrogens is 2. The van der Waals surface area contributed by atoms with Gasteiger partial charge in [-0.15, -0.1) is 0 Å². The number of halogens is 2. The number of nitro groups is 1. The van der Waals surface area contributed by atoms with E-state index in [4.69, 9.17) is 32.7 Å². The highest BCUT2D eigenvalue weighted by atomic mass is 35.5. The smallest absolute Gasteiger partial charge is 0.288 e. The second kappa shape index (κ2) is 11.3. The number of hydrogen-bond acceptors (Lipinski definition) is 6. The first-order valence-corrected chi connectivity index (χ1v) is 11.8. The highest BCUT2D eigenvalue weighted by Gasteiger charge is 2.22. The molecule has 0 unspecified atom stereocenters. The predicted molar refractivity (Wildman–Crippen MR) is 144 cm³/mol. The number of nitrogens with zero attached hydrogens (tertiary/aromatic N) is 3. The Bertz CT molecular complexity index is 1530. The number of rotatable bonds is 9. The molecular formula is C26H22Cl2N4O5. The minimum atomic E-state index is -0.606. The third kappa shape index (κ3) is 5.52. The SMILES string of the molecule is COc1ccc(CCN=Cc2c(-c3cc([N+](=O)[O-])c(Cl)cc3Cl)[nH]n(-c3ccccc3)c2=O)cc1OC. The summed E-state index contributed by atoms with van der Waals surface area (Å²) in [5, 5.41) is 14.6. The fourth-order valence-corrected chi connectivity index (χ4v) is 4.34. The molecule has 1 heterocycles. The van der Waals surface area contributed by atoms with Crippen molar-refractivity contribution in [2.75, 3.05) is 20.8 Å². The van der Waals surface area contributed by atoms with Crippen LogP contribution in [0.4, 0.5) is 5.69 Å². The third-order valence-electron chi connectivity index (χ3n) is 5.64. The minimum absolute atomic E-state index is 0.103. The van der Waals surface area contributed by atoms with E-state index in [0.717, 1.165) is 5.56 Å². The van der Waals surface area contributed by atoms with Gasteiger partial charge in [0.1, 0.15) is 5.02 Å². The normalized spacial score (nSPS) is 11.1. The molecule has 4 rings (SSSR count). The van der Waals surface area contributed by atoms with Crippen LogP contribution in [0.2, 0.25) is 10.0 Å². The Balaban J connectivity index is 1.72. The van der Waals surface area contributed by atoms with Gasteiger partial charge in [-0.2, -0.15) is 0 Å². The molecule has 9 nitrogen and oxygen atoms in total. The van der Waals surface area contributed by atoms with Crippen molar-refractivity contribution in [1.29, 1.82) is 0 Å². The number of H-pyrrole nitrogens is 1. The van der Waals surface area contributed by atoms with Crippen LogP contribution in [-0.2, 0) is 6.42 Å². The highest BCUT2D eigenvalue weighted by Crippen LogP contribution is 2.36. The van der Waals surface area contributed by atoms with Crippen LogP contribution in [0.25, 0.3) is 16.9 Å². The third-order valence-corrected chi connectivity index (χ3v) is 6.26. The zero-order valence-electron chi connectivity index (χ0n) is 19.9. The predicted octanol–water partition coefficient (Wildman–Crippen LogP) is 5.73. The summed E-state index contributed by atoms with van der Waals surface area (Å²) in [6.07, 6.45) is 2.03. The maximum atomic E-state index is 13.4. The summed E-state index contributed by atoms with van der Waals surface area (Å²) in [5.41, 5.74) is 1.59. The van der Waals surface area contributed by atoms with Crippen molar-refractivity contribution in [3.05, 3.63) is 102 Å². The number of para-hydroxylation sites is 1. The summed E-state index contributed by atoms with van der Waals surface area (Å²) in [6.45, 7) is 0.374. The lowest BCUT2D eigenvalue weighted by atomic mass is 10.1. The van der Waals surface area contributed by atoms with E-state index in [1.165, 1.54) is 23.0 Å². The van der Waals surface area contributed by atoms with Crippen LogP contribution < -0.4 is 15.0 Å². The molecule has 0 aliphatic rings. The van der Waals surface area contributed by atoms with E-state index in [1.807, 2.05) is 24.3 Å². The van der Waals surface area contributed by atoms with E-state index in [9.17, 15) is 14.9 Å². The Morgan fingerprint density at radius 2 is 1.76 bits per heavy atom. The molecule has 0 aliphatic heterocycles. The molecule has 1 N–H and O–H groups in total. The zero-order valence-corrected chi connectivity index (χ0v) is 21.4. The summed E-state index contributed by atoms with van der Waals surface area (Å²) in [4.78, 5) is 28.7. The monoisotopic (exact) mass is 540 g/mol. The van der Waals surface area contributed by atoms with Crippen LogP contribution in [0.15, 0.2) is 70.5 Å². The van der Waals surface area contributed by atoms with Gasteiger partial charge in [-0.3, -0.25) is 25.0 Å².